The highest BCUT2D eigenvalue weighted by molar-refractivity contribution is 7.86. The van der Waals surface area contributed by atoms with E-state index in [0.29, 0.717) is 73.3 Å². The minimum atomic E-state index is -4.84. The van der Waals surface area contributed by atoms with Gasteiger partial charge >= 0.3 is 0 Å². The quantitative estimate of drug-likeness (QED) is 0.0280. The summed E-state index contributed by atoms with van der Waals surface area (Å²) in [4.78, 5) is 13.3. The number of rotatable bonds is 22. The Morgan fingerprint density at radius 2 is 1.46 bits per heavy atom. The van der Waals surface area contributed by atoms with E-state index in [-0.39, 0.29) is 36.6 Å². The van der Waals surface area contributed by atoms with Crippen LogP contribution in [0.15, 0.2) is 82.3 Å². The van der Waals surface area contributed by atoms with E-state index in [2.05, 4.69) is 5.43 Å². The molecule has 1 unspecified atom stereocenters. The summed E-state index contributed by atoms with van der Waals surface area (Å²) in [6, 6.07) is 8.29. The van der Waals surface area contributed by atoms with Crippen molar-refractivity contribution in [1.82, 2.24) is 5.43 Å². The number of unbranched alkanes of at least 4 members (excludes halogenated alkanes) is 3. The van der Waals surface area contributed by atoms with Crippen LogP contribution in [-0.2, 0) is 56.1 Å². The Balaban J connectivity index is 1.75. The molecule has 1 atom stereocenters. The summed E-state index contributed by atoms with van der Waals surface area (Å²) in [5, 5.41) is 0. The van der Waals surface area contributed by atoms with Gasteiger partial charge in [-0.15, -0.1) is 0 Å². The van der Waals surface area contributed by atoms with Crippen molar-refractivity contribution < 1.29 is 61.3 Å². The number of benzene rings is 2. The molecule has 2 aromatic carbocycles. The molecule has 17 nitrogen and oxygen atoms in total. The number of fused-ring (bicyclic) bond motifs is 2. The van der Waals surface area contributed by atoms with E-state index in [1.54, 1.807) is 30.4 Å². The van der Waals surface area contributed by atoms with Gasteiger partial charge in [-0.3, -0.25) is 29.7 Å². The van der Waals surface area contributed by atoms with Gasteiger partial charge in [0.1, 0.15) is 22.4 Å². The van der Waals surface area contributed by atoms with E-state index in [9.17, 15) is 56.7 Å². The molecule has 2 aromatic rings. The summed E-state index contributed by atoms with van der Waals surface area (Å²) in [7, 11) is -17.9. The van der Waals surface area contributed by atoms with Gasteiger partial charge in [0.15, 0.2) is 5.71 Å². The van der Waals surface area contributed by atoms with Crippen molar-refractivity contribution in [1.29, 1.82) is 0 Å². The Labute approximate surface area is 346 Å². The predicted molar refractivity (Wildman–Crippen MR) is 222 cm³/mol. The minimum Gasteiger partial charge on any atom is -0.744 e. The molecule has 2 aliphatic rings. The molecule has 0 saturated heterocycles. The van der Waals surface area contributed by atoms with Gasteiger partial charge in [0.25, 0.3) is 30.4 Å². The molecule has 21 heteroatoms. The number of nitrogens with two attached hydrogens (primary N) is 1. The molecule has 2 heterocycles. The molecule has 59 heavy (non-hydrogen) atoms. The van der Waals surface area contributed by atoms with Gasteiger partial charge in [0.05, 0.1) is 33.3 Å². The Kier molecular flexibility index (Phi) is 15.4. The van der Waals surface area contributed by atoms with Gasteiger partial charge in [-0.25, -0.2) is 8.42 Å². The van der Waals surface area contributed by atoms with Crippen molar-refractivity contribution in [3.05, 3.63) is 83.6 Å². The second-order valence-electron chi connectivity index (χ2n) is 15.3. The predicted octanol–water partition coefficient (Wildman–Crippen LogP) is 3.92. The van der Waals surface area contributed by atoms with Crippen LogP contribution in [0.4, 0.5) is 11.4 Å². The van der Waals surface area contributed by atoms with Crippen LogP contribution in [0.2, 0.25) is 0 Å². The third-order valence-electron chi connectivity index (χ3n) is 10.6. The molecule has 0 aliphatic carbocycles. The fourth-order valence-corrected chi connectivity index (χ4v) is 9.81. The van der Waals surface area contributed by atoms with Crippen LogP contribution in [0, 0.1) is 0 Å². The maximum atomic E-state index is 12.2. The van der Waals surface area contributed by atoms with Crippen LogP contribution in [0.5, 0.6) is 0 Å². The molecular weight excluding hydrogens is 849 g/mol. The molecule has 0 amide bonds. The van der Waals surface area contributed by atoms with Crippen molar-refractivity contribution in [3.8, 4) is 0 Å². The number of nitrogens with one attached hydrogen (secondary N) is 1. The van der Waals surface area contributed by atoms with Crippen molar-refractivity contribution >= 4 is 63.3 Å². The summed E-state index contributed by atoms with van der Waals surface area (Å²) in [5.41, 5.74) is 4.34. The first-order chi connectivity index (χ1) is 27.3. The zero-order valence-corrected chi connectivity index (χ0v) is 36.3. The molecule has 0 saturated carbocycles. The number of allylic oxidation sites excluding steroid dienone is 6. The Hall–Kier alpha value is -3.64. The van der Waals surface area contributed by atoms with Gasteiger partial charge < -0.3 is 9.45 Å². The maximum Gasteiger partial charge on any atom is 0.294 e. The molecule has 0 bridgehead atoms. The highest BCUT2D eigenvalue weighted by atomic mass is 32.2. The van der Waals surface area contributed by atoms with E-state index in [1.807, 2.05) is 36.3 Å². The summed E-state index contributed by atoms with van der Waals surface area (Å²) in [6.45, 7) is 6.21. The lowest BCUT2D eigenvalue weighted by Crippen LogP contribution is -2.30. The normalized spacial score (nSPS) is 19.1. The molecule has 4 rings (SSSR count). The van der Waals surface area contributed by atoms with Crippen molar-refractivity contribution in [2.45, 2.75) is 92.8 Å². The number of carbonyl (C=O) groups is 1. The van der Waals surface area contributed by atoms with Crippen LogP contribution in [0.3, 0.4) is 0 Å². The lowest BCUT2D eigenvalue weighted by molar-refractivity contribution is -0.437. The zero-order valence-electron chi connectivity index (χ0n) is 33.1. The van der Waals surface area contributed by atoms with Crippen molar-refractivity contribution in [3.63, 3.8) is 0 Å². The fraction of sp³-hybridized carbons (Fsp3) is 0.474. The second-order valence-corrected chi connectivity index (χ2v) is 21.3. The van der Waals surface area contributed by atoms with Gasteiger partial charge in [0.2, 0.25) is 5.69 Å². The second kappa shape index (κ2) is 19.0. The first-order valence-electron chi connectivity index (χ1n) is 18.9. The van der Waals surface area contributed by atoms with E-state index in [0.717, 1.165) is 5.70 Å². The number of hydrazine groups is 1. The average Bonchev–Trinajstić information content (AvgIpc) is 3.47. The van der Waals surface area contributed by atoms with Gasteiger partial charge in [-0.05, 0) is 88.4 Å². The maximum absolute atomic E-state index is 12.2. The first-order valence-corrected chi connectivity index (χ1v) is 24.9. The van der Waals surface area contributed by atoms with E-state index >= 15 is 0 Å². The molecule has 0 aromatic heterocycles. The van der Waals surface area contributed by atoms with E-state index in [4.69, 9.17) is 5.84 Å². The minimum absolute atomic E-state index is 0.0336. The largest absolute Gasteiger partial charge is 0.744 e. The third-order valence-corrected chi connectivity index (χ3v) is 13.9. The standard InChI is InChI=1S/C38H52N4O13S4/c1-37(2)31-25-29(58(50,51)52)16-18-33(31)41(22-12-24-57(47,48)49)35(37)14-7-4-8-15-36-38(3,20-9-11-23-56(44,45)46)32-26-30(59(53,54)55)17-19-34(32)42(36)21-10-5-6-13-28(43)27-40-39/h4,7-8,14-19,25-26,40H,5-6,9-13,20-24,27,39H2,1-3H3,(H3-,44,45,46,47,48,49,50,51,52,53,54,55). The number of carbonyl (C=O) groups excluding carboxylic acids is 1. The number of nitrogens with zero attached hydrogens (tertiary/aromatic N) is 2. The Bertz CT molecular complexity index is 2500. The van der Waals surface area contributed by atoms with Crippen LogP contribution < -0.4 is 16.2 Å². The van der Waals surface area contributed by atoms with Gasteiger partial charge in [-0.1, -0.05) is 31.1 Å². The number of anilines is 1. The zero-order chi connectivity index (χ0) is 44.0. The van der Waals surface area contributed by atoms with Crippen LogP contribution in [0.25, 0.3) is 0 Å². The van der Waals surface area contributed by atoms with Crippen molar-refractivity contribution in [2.75, 3.05) is 36.0 Å². The molecule has 326 valence electrons. The number of hydrogen-bond acceptors (Lipinski definition) is 13. The lowest BCUT2D eigenvalue weighted by Gasteiger charge is -2.30. The SMILES string of the molecule is CC1(C)C(C=CC=CC=C2N(CCCCCC(=O)CNN)c3ccc(S(=O)(=O)[O-])cc3C2(C)CCCCS(=O)(=O)O)=[N+](CCCS(=O)(=O)O)c2ccc(S(=O)(=O)O)cc21. The summed E-state index contributed by atoms with van der Waals surface area (Å²) < 4.78 is 137. The first kappa shape index (κ1) is 48.0. The van der Waals surface area contributed by atoms with Crippen molar-refractivity contribution in [2.24, 2.45) is 5.84 Å². The number of ketones is 1. The monoisotopic (exact) mass is 900 g/mol. The molecule has 6 N–H and O–H groups in total. The Morgan fingerprint density at radius 3 is 2.08 bits per heavy atom. The third kappa shape index (κ3) is 12.5. The lowest BCUT2D eigenvalue weighted by atomic mass is 9.77. The number of Topliss-reactive ketones (excluding diaryl/α,β-unsaturated/α-hetero) is 1. The van der Waals surface area contributed by atoms with Crippen LogP contribution >= 0.6 is 0 Å². The summed E-state index contributed by atoms with van der Waals surface area (Å²) >= 11 is 0. The van der Waals surface area contributed by atoms with Crippen LogP contribution in [0.1, 0.15) is 83.3 Å². The average molecular weight is 901 g/mol. The Morgan fingerprint density at radius 1 is 0.814 bits per heavy atom. The smallest absolute Gasteiger partial charge is 0.294 e. The summed E-state index contributed by atoms with van der Waals surface area (Å²) in [6.07, 6.45) is 11.8. The van der Waals surface area contributed by atoms with Crippen LogP contribution in [-0.4, -0.2) is 99.1 Å². The highest BCUT2D eigenvalue weighted by Crippen LogP contribution is 2.51. The topological polar surface area (TPSA) is 282 Å². The van der Waals surface area contributed by atoms with Gasteiger partial charge in [-0.2, -0.15) is 29.8 Å². The van der Waals surface area contributed by atoms with Gasteiger partial charge in [0, 0.05) is 53.9 Å². The molecule has 0 fully saturated rings. The molecule has 0 radical (unpaired) electrons. The molecule has 0 spiro atoms. The van der Waals surface area contributed by atoms with E-state index in [1.165, 1.54) is 30.3 Å². The number of hydrogen-bond donors (Lipinski definition) is 5. The highest BCUT2D eigenvalue weighted by Gasteiger charge is 2.45. The fourth-order valence-electron chi connectivity index (χ4n) is 7.74. The molecular formula is C38H52N4O13S4. The molecule has 2 aliphatic heterocycles. The summed E-state index contributed by atoms with van der Waals surface area (Å²) in [5.74, 6) is 4.24. The van der Waals surface area contributed by atoms with E-state index < -0.39 is 67.7 Å².